The van der Waals surface area contributed by atoms with Crippen molar-refractivity contribution in [3.8, 4) is 0 Å². The standard InChI is InChI=1S/C29H35N7O18P2.C15H21N2O10P.C15H20NO11P.C15H19NO8/c1-13(37)48-21-18(52-28(23(21)50-15(3)39)35-7-5-6-17(8-35)26(31)41)9-46-55(42,43)54-56(44,45)47-10-19-22(49-14(2)38)24(51-16(4)40)29(53-19)36-12-34-20-25(30)32-11-33-27(20)36;1-8(18)25-12-11(7-24-28(21,22)23)27-15(13(12)26-9(2)19)17-5-3-4-10(6-17)14(16)20;1-8(17)25-12-11(7-24-28(21,22)23)27-14(13(12)26-9(2)18)16-5-3-4-10(6-16)15(19)20;1-8(18)22-12-11(7-17)24-14(13(12)23-9(2)19)16-5-3-4-10(6-16)15(20)21/h5-8,11-12,18-19,21-24,28-29H,9-10H2,1-4H3,(H5-,30,31,32,33,41,42,43,44,45);3,5-6,11-13,15H,4,7H2,1-2H3,(H2,16,20)(H2,21,22,23);3,5-6,11-14H,4,7H2,1-2H3,(H,19,20)(H2,21,22,23);3,5-6,11-14,17H,4,7H2,1-2H3,(H,20,21)/p-1/t18-,19-,21?,22?,23+,24+,28-,29-;11-,12?,13+,15-;2*11-,12?,13+,14-/m1111/s1. The maximum Gasteiger partial charge on any atom is 0.469 e. The first kappa shape index (κ1) is 109. The summed E-state index contributed by atoms with van der Waals surface area (Å²) in [5.41, 5.74) is 17.1. The van der Waals surface area contributed by atoms with E-state index in [1.807, 2.05) is 0 Å². The fourth-order valence-electron chi connectivity index (χ4n) is 14.0. The number of nitrogens with two attached hydrogens (primary N) is 3. The molecule has 0 radical (unpaired) electrons. The van der Waals surface area contributed by atoms with E-state index in [4.69, 9.17) is 122 Å². The van der Waals surface area contributed by atoms with Crippen molar-refractivity contribution < 1.29 is 228 Å². The van der Waals surface area contributed by atoms with E-state index in [2.05, 4.69) is 28.3 Å². The summed E-state index contributed by atoms with van der Waals surface area (Å²) >= 11 is 0. The first-order valence-electron chi connectivity index (χ1n) is 39.6. The molecular formula is C74H94N11O47P4-. The smallest absolute Gasteiger partial charge is 0.469 e. The molecule has 0 aromatic carbocycles. The molecule has 0 aliphatic carbocycles. The molecular weight excluding hydrogens is 1920 g/mol. The zero-order valence-electron chi connectivity index (χ0n) is 72.9. The second kappa shape index (κ2) is 47.8. The highest BCUT2D eigenvalue weighted by atomic mass is 31.3. The zero-order valence-corrected chi connectivity index (χ0v) is 76.5. The highest BCUT2D eigenvalue weighted by molar-refractivity contribution is 7.59. The molecule has 5 saturated heterocycles. The molecule has 3 aromatic heterocycles. The number of carbonyl (C=O) groups excluding carboxylic acids is 12. The molecule has 13 N–H and O–H groups in total. The molecule has 11 heterocycles. The molecule has 0 saturated carbocycles. The van der Waals surface area contributed by atoms with Gasteiger partial charge in [-0.05, 0) is 12.5 Å². The molecule has 136 heavy (non-hydrogen) atoms. The number of primary amides is 2. The first-order chi connectivity index (χ1) is 63.5. The van der Waals surface area contributed by atoms with Gasteiger partial charge in [0.15, 0.2) is 104 Å². The van der Waals surface area contributed by atoms with E-state index in [1.54, 1.807) is 24.6 Å². The number of aliphatic hydroxyl groups excluding tert-OH is 1. The topological polar surface area (TPSA) is 815 Å². The number of nitrogen functional groups attached to an aromatic ring is 1. The average molecular weight is 2010 g/mol. The Hall–Kier alpha value is -11.8. The quantitative estimate of drug-likeness (QED) is 0.0123. The van der Waals surface area contributed by atoms with Gasteiger partial charge in [0.1, 0.15) is 47.9 Å². The monoisotopic (exact) mass is 2010 g/mol. The number of phosphoric ester groups is 4. The molecule has 8 aliphatic heterocycles. The molecule has 11 rings (SSSR count). The molecule has 2 amide bonds. The number of carboxylic acid groups (broad SMARTS) is 2. The van der Waals surface area contributed by atoms with Crippen molar-refractivity contribution in [1.29, 1.82) is 0 Å². The third kappa shape index (κ3) is 31.4. The van der Waals surface area contributed by atoms with E-state index in [0.717, 1.165) is 61.7 Å². The van der Waals surface area contributed by atoms with Crippen molar-refractivity contribution in [1.82, 2.24) is 34.2 Å². The van der Waals surface area contributed by atoms with E-state index in [1.165, 1.54) is 99.4 Å². The van der Waals surface area contributed by atoms with Crippen LogP contribution < -0.4 is 31.6 Å². The van der Waals surface area contributed by atoms with Crippen molar-refractivity contribution in [2.24, 2.45) is 11.5 Å². The Morgan fingerprint density at radius 3 is 1.12 bits per heavy atom. The fraction of sp³-hybridized carbons (Fsp3) is 0.514. The molecule has 8 aliphatic rings. The Morgan fingerprint density at radius 1 is 0.441 bits per heavy atom. The number of anilines is 1. The number of amides is 2. The van der Waals surface area contributed by atoms with Crippen LogP contribution in [0.5, 0.6) is 0 Å². The summed E-state index contributed by atoms with van der Waals surface area (Å²) < 4.78 is 154. The molecule has 7 unspecified atom stereocenters. The number of ether oxygens (including phenoxy) is 15. The van der Waals surface area contributed by atoms with E-state index in [-0.39, 0.29) is 58.5 Å². The van der Waals surface area contributed by atoms with Gasteiger partial charge in [-0.25, -0.2) is 38.0 Å². The molecule has 62 heteroatoms. The number of esters is 10. The molecule has 0 spiro atoms. The largest absolute Gasteiger partial charge is 0.756 e. The normalized spacial score (nSPS) is 27.4. The Balaban J connectivity index is 0.000000240. The van der Waals surface area contributed by atoms with Gasteiger partial charge >= 0.3 is 93.5 Å². The van der Waals surface area contributed by atoms with Crippen LogP contribution in [0.3, 0.4) is 0 Å². The van der Waals surface area contributed by atoms with Crippen molar-refractivity contribution >= 4 is 132 Å². The number of pyridine rings is 1. The highest BCUT2D eigenvalue weighted by Gasteiger charge is 2.58. The number of hydrogen-bond donors (Lipinski definition) is 10. The number of carboxylic acids is 2. The maximum absolute atomic E-state index is 12.9. The molecule has 22 atom stereocenters. The van der Waals surface area contributed by atoms with Crippen LogP contribution in [0.25, 0.3) is 11.2 Å². The summed E-state index contributed by atoms with van der Waals surface area (Å²) in [6, 6.07) is 2.77. The number of allylic oxidation sites excluding steroid dienone is 3. The summed E-state index contributed by atoms with van der Waals surface area (Å²) in [6.07, 6.45) is -6.00. The Morgan fingerprint density at radius 2 is 0.765 bits per heavy atom. The number of rotatable bonds is 34. The third-order valence-electron chi connectivity index (χ3n) is 19.0. The van der Waals surface area contributed by atoms with E-state index in [9.17, 15) is 105 Å². The van der Waals surface area contributed by atoms with Gasteiger partial charge in [0.25, 0.3) is 21.6 Å². The first-order valence-corrected chi connectivity index (χ1v) is 45.6. The van der Waals surface area contributed by atoms with Gasteiger partial charge in [0, 0.05) is 131 Å². The van der Waals surface area contributed by atoms with E-state index in [0.29, 0.717) is 0 Å². The number of aromatic nitrogens is 5. The average Bonchev–Trinajstić information content (AvgIpc) is 1.61. The van der Waals surface area contributed by atoms with Gasteiger partial charge in [-0.2, -0.15) is 4.57 Å². The predicted octanol–water partition coefficient (Wildman–Crippen LogP) is -3.10. The van der Waals surface area contributed by atoms with Gasteiger partial charge in [-0.3, -0.25) is 80.3 Å². The summed E-state index contributed by atoms with van der Waals surface area (Å²) in [5, 5.41) is 27.7. The fourth-order valence-corrected chi connectivity index (χ4v) is 16.7. The van der Waals surface area contributed by atoms with Crippen molar-refractivity contribution in [2.75, 3.05) is 38.8 Å². The molecule has 3 aromatic rings. The molecule has 58 nitrogen and oxygen atoms in total. The lowest BCUT2D eigenvalue weighted by Gasteiger charge is -2.32. The lowest BCUT2D eigenvalue weighted by molar-refractivity contribution is -0.765. The summed E-state index contributed by atoms with van der Waals surface area (Å²) in [6.45, 7) is 7.06. The minimum Gasteiger partial charge on any atom is -0.756 e. The number of aliphatic carboxylic acids is 2. The third-order valence-corrected chi connectivity index (χ3v) is 22.5. The Kier molecular flexibility index (Phi) is 38.4. The Labute approximate surface area is 767 Å². The SMILES string of the molecule is CC(=O)OC1[C@@H](CO)O[C@@H](N2C=CCC(C(=O)O)=C2)[C@H]1OC(C)=O.CC(=O)OC1[C@@H](COP(=O)(O)O)O[C@@H](N2C=CCC(C(=O)O)=C2)[C@H]1OC(C)=O.CC(=O)OC1[C@@H](COP(=O)(O)O)O[C@@H](N2C=CCC(C(N)=O)=C2)[C@H]1OC(C)=O.CC(=O)OC1[C@@H](COP(=O)([O-])OP(=O)([O-])OC[C@H]2O[C@@H]([n+]3cccc(C(N)=O)c3)[C@@H](OC(C)=O)C2OC(C)=O)O[C@@H](n2cnc3c(N)ncnc32)[C@H]1OC(C)=O. The summed E-state index contributed by atoms with van der Waals surface area (Å²) in [5.74, 6) is -11.4. The van der Waals surface area contributed by atoms with Crippen LogP contribution >= 0.6 is 31.3 Å². The molecule has 748 valence electrons. The minimum atomic E-state index is -5.88. The number of imidazole rings is 1. The van der Waals surface area contributed by atoms with E-state index >= 15 is 0 Å². The van der Waals surface area contributed by atoms with Crippen LogP contribution in [0.15, 0.2) is 109 Å². The second-order valence-electron chi connectivity index (χ2n) is 29.4. The zero-order chi connectivity index (χ0) is 101. The lowest BCUT2D eigenvalue weighted by Crippen LogP contribution is -2.48. The van der Waals surface area contributed by atoms with Crippen LogP contribution in [0.2, 0.25) is 0 Å². The van der Waals surface area contributed by atoms with Crippen LogP contribution in [-0.2, 0) is 174 Å². The van der Waals surface area contributed by atoms with Gasteiger partial charge in [-0.1, -0.05) is 18.2 Å². The van der Waals surface area contributed by atoms with Gasteiger partial charge < -0.3 is 157 Å². The number of fused-ring (bicyclic) bond motifs is 1. The van der Waals surface area contributed by atoms with Crippen LogP contribution in [0.1, 0.15) is 111 Å². The van der Waals surface area contributed by atoms with Crippen LogP contribution in [0, 0.1) is 0 Å². The highest BCUT2D eigenvalue weighted by Crippen LogP contribution is 2.57. The van der Waals surface area contributed by atoms with Gasteiger partial charge in [0.05, 0.1) is 50.5 Å². The predicted molar refractivity (Wildman–Crippen MR) is 431 cm³/mol. The number of hydrogen-bond acceptors (Lipinski definition) is 48. The van der Waals surface area contributed by atoms with Crippen LogP contribution in [-0.4, -0.2) is 296 Å². The van der Waals surface area contributed by atoms with Crippen molar-refractivity contribution in [3.63, 3.8) is 0 Å². The molecule has 5 fully saturated rings. The summed E-state index contributed by atoms with van der Waals surface area (Å²) in [7, 11) is -21.4. The summed E-state index contributed by atoms with van der Waals surface area (Å²) in [4.78, 5) is 240. The van der Waals surface area contributed by atoms with Gasteiger partial charge in [-0.15, -0.1) is 0 Å². The number of carbonyl (C=O) groups is 14. The van der Waals surface area contributed by atoms with Crippen molar-refractivity contribution in [3.05, 3.63) is 115 Å². The number of nitrogens with zero attached hydrogens (tertiary/aromatic N) is 8. The number of aliphatic hydroxyl groups is 1. The van der Waals surface area contributed by atoms with Gasteiger partial charge in [0.2, 0.25) is 12.0 Å². The lowest BCUT2D eigenvalue weighted by atomic mass is 10.1. The number of phosphoric acid groups is 4. The van der Waals surface area contributed by atoms with E-state index < -0.39 is 270 Å². The maximum atomic E-state index is 12.9. The molecule has 0 bridgehead atoms. The Bertz CT molecular complexity index is 5240. The minimum absolute atomic E-state index is 0.000336. The van der Waals surface area contributed by atoms with Crippen molar-refractivity contribution in [2.45, 2.75) is 211 Å². The van der Waals surface area contributed by atoms with Crippen LogP contribution in [0.4, 0.5) is 5.82 Å². The second-order valence-corrected chi connectivity index (χ2v) is 34.9.